The van der Waals surface area contributed by atoms with Crippen LogP contribution in [0.5, 0.6) is 0 Å². The van der Waals surface area contributed by atoms with Crippen LogP contribution in [0.3, 0.4) is 0 Å². The van der Waals surface area contributed by atoms with Gasteiger partial charge in [-0.05, 0) is 25.7 Å². The van der Waals surface area contributed by atoms with Gasteiger partial charge in [-0.2, -0.15) is 0 Å². The molecule has 0 amide bonds. The smallest absolute Gasteiger partial charge is 0.110 e. The van der Waals surface area contributed by atoms with Crippen molar-refractivity contribution in [1.29, 1.82) is 0 Å². The van der Waals surface area contributed by atoms with Crippen molar-refractivity contribution in [2.24, 2.45) is 5.41 Å². The Balaban J connectivity index is 3.89. The number of hydrogen-bond donors (Lipinski definition) is 0. The van der Waals surface area contributed by atoms with Crippen molar-refractivity contribution in [3.63, 3.8) is 0 Å². The predicted octanol–water partition coefficient (Wildman–Crippen LogP) is 3.57. The second-order valence-electron chi connectivity index (χ2n) is 4.57. The Morgan fingerprint density at radius 3 is 1.60 bits per heavy atom. The first-order chi connectivity index (χ1) is 4.27. The molecule has 0 bridgehead atoms. The average Bonchev–Trinajstić information content (AvgIpc) is 1.60. The highest BCUT2D eigenvalue weighted by atomic mass is 127. The Hall–Kier alpha value is 0.690. The summed E-state index contributed by atoms with van der Waals surface area (Å²) >= 11 is 1.97. The van der Waals surface area contributed by atoms with Crippen molar-refractivity contribution >= 4 is 23.0 Å². The van der Waals surface area contributed by atoms with Gasteiger partial charge in [0.05, 0.1) is 5.60 Å². The molecular formula is C8H17IO. The summed E-state index contributed by atoms with van der Waals surface area (Å²) in [6.07, 6.45) is 1.09. The Bertz CT molecular complexity index is 102. The molecule has 10 heavy (non-hydrogen) atoms. The van der Waals surface area contributed by atoms with E-state index in [-0.39, 0.29) is 5.60 Å². The van der Waals surface area contributed by atoms with Gasteiger partial charge in [-0.25, -0.2) is 0 Å². The third kappa shape index (κ3) is 5.47. The van der Waals surface area contributed by atoms with Gasteiger partial charge < -0.3 is 3.07 Å². The molecule has 2 heteroatoms. The van der Waals surface area contributed by atoms with Crippen LogP contribution in [0.1, 0.15) is 41.0 Å². The van der Waals surface area contributed by atoms with Gasteiger partial charge in [0.25, 0.3) is 0 Å². The average molecular weight is 256 g/mol. The first kappa shape index (κ1) is 10.7. The SMILES string of the molecule is CC(C)(C)CC(C)(C)OI. The standard InChI is InChI=1S/C8H17IO/c1-7(2,3)6-8(4,5)10-9/h6H2,1-5H3. The highest BCUT2D eigenvalue weighted by Crippen LogP contribution is 2.30. The lowest BCUT2D eigenvalue weighted by Gasteiger charge is -2.29. The Kier molecular flexibility index (Phi) is 3.62. The third-order valence-electron chi connectivity index (χ3n) is 1.16. The molecule has 0 saturated carbocycles. The van der Waals surface area contributed by atoms with Crippen LogP contribution in [0.2, 0.25) is 0 Å². The largest absolute Gasteiger partial charge is 0.310 e. The van der Waals surface area contributed by atoms with Crippen molar-refractivity contribution in [2.75, 3.05) is 0 Å². The van der Waals surface area contributed by atoms with Crippen LogP contribution in [0.4, 0.5) is 0 Å². The van der Waals surface area contributed by atoms with E-state index in [1.165, 1.54) is 0 Å². The van der Waals surface area contributed by atoms with E-state index in [1.807, 2.05) is 23.0 Å². The van der Waals surface area contributed by atoms with E-state index in [0.29, 0.717) is 5.41 Å². The maximum absolute atomic E-state index is 5.28. The number of hydrogen-bond acceptors (Lipinski definition) is 1. The zero-order valence-electron chi connectivity index (χ0n) is 7.49. The summed E-state index contributed by atoms with van der Waals surface area (Å²) in [6.45, 7) is 10.9. The topological polar surface area (TPSA) is 9.23 Å². The minimum absolute atomic E-state index is 0.0127. The van der Waals surface area contributed by atoms with Crippen LogP contribution >= 0.6 is 23.0 Å². The van der Waals surface area contributed by atoms with Gasteiger partial charge in [0, 0.05) is 0 Å². The van der Waals surface area contributed by atoms with Crippen LogP contribution in [0, 0.1) is 5.41 Å². The first-order valence-corrected chi connectivity index (χ1v) is 4.45. The maximum Gasteiger partial charge on any atom is 0.110 e. The summed E-state index contributed by atoms with van der Waals surface area (Å²) in [7, 11) is 0. The van der Waals surface area contributed by atoms with Crippen molar-refractivity contribution in [3.8, 4) is 0 Å². The molecule has 0 aliphatic heterocycles. The van der Waals surface area contributed by atoms with E-state index in [0.717, 1.165) is 6.42 Å². The van der Waals surface area contributed by atoms with Crippen molar-refractivity contribution < 1.29 is 3.07 Å². The molecule has 0 radical (unpaired) electrons. The molecule has 0 aliphatic carbocycles. The summed E-state index contributed by atoms with van der Waals surface area (Å²) in [5.41, 5.74) is 0.369. The molecule has 0 aromatic heterocycles. The maximum atomic E-state index is 5.28. The van der Waals surface area contributed by atoms with Crippen LogP contribution in [-0.4, -0.2) is 5.60 Å². The fourth-order valence-corrected chi connectivity index (χ4v) is 1.46. The van der Waals surface area contributed by atoms with Crippen molar-refractivity contribution in [3.05, 3.63) is 0 Å². The second-order valence-corrected chi connectivity index (χ2v) is 5.01. The van der Waals surface area contributed by atoms with Gasteiger partial charge in [-0.3, -0.25) is 0 Å². The fraction of sp³-hybridized carbons (Fsp3) is 1.00. The minimum atomic E-state index is 0.0127. The highest BCUT2D eigenvalue weighted by molar-refractivity contribution is 14.1. The monoisotopic (exact) mass is 256 g/mol. The highest BCUT2D eigenvalue weighted by Gasteiger charge is 2.25. The molecular weight excluding hydrogens is 239 g/mol. The van der Waals surface area contributed by atoms with E-state index in [2.05, 4.69) is 34.6 Å². The lowest BCUT2D eigenvalue weighted by molar-refractivity contribution is 0.110. The fourth-order valence-electron chi connectivity index (χ4n) is 1.30. The Morgan fingerprint density at radius 1 is 1.10 bits per heavy atom. The Morgan fingerprint density at radius 2 is 1.50 bits per heavy atom. The van der Waals surface area contributed by atoms with Crippen LogP contribution in [-0.2, 0) is 3.07 Å². The summed E-state index contributed by atoms with van der Waals surface area (Å²) in [5, 5.41) is 0. The molecule has 0 heterocycles. The lowest BCUT2D eigenvalue weighted by atomic mass is 9.84. The van der Waals surface area contributed by atoms with Crippen LogP contribution < -0.4 is 0 Å². The quantitative estimate of drug-likeness (QED) is 0.686. The van der Waals surface area contributed by atoms with Gasteiger partial charge >= 0.3 is 0 Å². The van der Waals surface area contributed by atoms with Gasteiger partial charge in [0.15, 0.2) is 0 Å². The molecule has 0 rings (SSSR count). The molecule has 0 unspecified atom stereocenters. The summed E-state index contributed by atoms with van der Waals surface area (Å²) in [4.78, 5) is 0. The van der Waals surface area contributed by atoms with E-state index >= 15 is 0 Å². The van der Waals surface area contributed by atoms with Crippen molar-refractivity contribution in [1.82, 2.24) is 0 Å². The Labute approximate surface area is 78.2 Å². The van der Waals surface area contributed by atoms with Gasteiger partial charge in [-0.1, -0.05) is 20.8 Å². The zero-order chi connectivity index (χ0) is 8.41. The summed E-state index contributed by atoms with van der Waals surface area (Å²) in [5.74, 6) is 0. The predicted molar refractivity (Wildman–Crippen MR) is 53.3 cm³/mol. The molecule has 0 spiro atoms. The summed E-state index contributed by atoms with van der Waals surface area (Å²) < 4.78 is 5.28. The molecule has 1 nitrogen and oxygen atoms in total. The van der Waals surface area contributed by atoms with E-state index in [4.69, 9.17) is 3.07 Å². The molecule has 0 N–H and O–H groups in total. The molecule has 0 aromatic rings. The van der Waals surface area contributed by atoms with Crippen molar-refractivity contribution in [2.45, 2.75) is 46.6 Å². The molecule has 62 valence electrons. The van der Waals surface area contributed by atoms with Gasteiger partial charge in [0.2, 0.25) is 0 Å². The molecule has 0 aromatic carbocycles. The summed E-state index contributed by atoms with van der Waals surface area (Å²) in [6, 6.07) is 0. The van der Waals surface area contributed by atoms with Gasteiger partial charge in [0.1, 0.15) is 23.0 Å². The third-order valence-corrected chi connectivity index (χ3v) is 2.36. The van der Waals surface area contributed by atoms with E-state index in [9.17, 15) is 0 Å². The minimum Gasteiger partial charge on any atom is -0.310 e. The molecule has 0 aliphatic rings. The molecule has 0 atom stereocenters. The van der Waals surface area contributed by atoms with Crippen LogP contribution in [0.15, 0.2) is 0 Å². The number of rotatable bonds is 2. The van der Waals surface area contributed by atoms with E-state index < -0.39 is 0 Å². The molecule has 0 fully saturated rings. The van der Waals surface area contributed by atoms with Crippen LogP contribution in [0.25, 0.3) is 0 Å². The normalized spacial score (nSPS) is 13.8. The lowest BCUT2D eigenvalue weighted by Crippen LogP contribution is -2.26. The van der Waals surface area contributed by atoms with Gasteiger partial charge in [-0.15, -0.1) is 0 Å². The second kappa shape index (κ2) is 3.39. The first-order valence-electron chi connectivity index (χ1n) is 3.57. The van der Waals surface area contributed by atoms with E-state index in [1.54, 1.807) is 0 Å². The number of halogens is 1. The molecule has 0 saturated heterocycles. The zero-order valence-corrected chi connectivity index (χ0v) is 9.65.